The van der Waals surface area contributed by atoms with Gasteiger partial charge in [-0.1, -0.05) is 6.92 Å². The van der Waals surface area contributed by atoms with Crippen molar-refractivity contribution in [1.29, 1.82) is 0 Å². The molecule has 3 N–H and O–H groups in total. The summed E-state index contributed by atoms with van der Waals surface area (Å²) < 4.78 is 0. The number of carboxylic acids is 1. The molecular formula is C10H20N2O2. The molecule has 82 valence electrons. The van der Waals surface area contributed by atoms with Crippen molar-refractivity contribution in [2.75, 3.05) is 26.2 Å². The molecule has 1 saturated heterocycles. The molecule has 0 aliphatic carbocycles. The van der Waals surface area contributed by atoms with Crippen LogP contribution in [0.3, 0.4) is 0 Å². The lowest BCUT2D eigenvalue weighted by Gasteiger charge is -2.39. The van der Waals surface area contributed by atoms with E-state index >= 15 is 0 Å². The van der Waals surface area contributed by atoms with Gasteiger partial charge in [0.15, 0.2) is 0 Å². The fourth-order valence-corrected chi connectivity index (χ4v) is 2.22. The van der Waals surface area contributed by atoms with Crippen molar-refractivity contribution in [3.63, 3.8) is 0 Å². The molecule has 1 rings (SSSR count). The fraction of sp³-hybridized carbons (Fsp3) is 0.900. The Kier molecular flexibility index (Phi) is 3.89. The molecule has 0 amide bonds. The molecule has 1 unspecified atom stereocenters. The lowest BCUT2D eigenvalue weighted by molar-refractivity contribution is -0.152. The first-order valence-electron chi connectivity index (χ1n) is 5.30. The van der Waals surface area contributed by atoms with E-state index in [1.54, 1.807) is 0 Å². The Balaban J connectivity index is 2.64. The van der Waals surface area contributed by atoms with E-state index in [4.69, 9.17) is 5.73 Å². The zero-order chi connectivity index (χ0) is 10.6. The van der Waals surface area contributed by atoms with E-state index in [1.807, 2.05) is 6.92 Å². The van der Waals surface area contributed by atoms with Crippen molar-refractivity contribution in [3.05, 3.63) is 0 Å². The Morgan fingerprint density at radius 3 is 2.86 bits per heavy atom. The molecule has 0 saturated carbocycles. The summed E-state index contributed by atoms with van der Waals surface area (Å²) in [4.78, 5) is 13.4. The third-order valence-electron chi connectivity index (χ3n) is 3.23. The van der Waals surface area contributed by atoms with Gasteiger partial charge in [0.1, 0.15) is 0 Å². The van der Waals surface area contributed by atoms with E-state index in [9.17, 15) is 9.90 Å². The van der Waals surface area contributed by atoms with Gasteiger partial charge in [-0.05, 0) is 25.8 Å². The third-order valence-corrected chi connectivity index (χ3v) is 3.23. The molecule has 0 aromatic carbocycles. The minimum absolute atomic E-state index is 0.520. The number of piperidine rings is 1. The van der Waals surface area contributed by atoms with Crippen molar-refractivity contribution < 1.29 is 9.90 Å². The van der Waals surface area contributed by atoms with Gasteiger partial charge in [-0.15, -0.1) is 0 Å². The summed E-state index contributed by atoms with van der Waals surface area (Å²) in [7, 11) is 0. The van der Waals surface area contributed by atoms with Crippen LogP contribution in [0.15, 0.2) is 0 Å². The van der Waals surface area contributed by atoms with Crippen LogP contribution in [0, 0.1) is 5.41 Å². The number of aliphatic carboxylic acids is 1. The summed E-state index contributed by atoms with van der Waals surface area (Å²) in [6.45, 7) is 5.04. The zero-order valence-electron chi connectivity index (χ0n) is 8.83. The van der Waals surface area contributed by atoms with Crippen LogP contribution < -0.4 is 5.73 Å². The molecule has 1 fully saturated rings. The van der Waals surface area contributed by atoms with E-state index in [1.165, 1.54) is 0 Å². The number of rotatable bonds is 4. The van der Waals surface area contributed by atoms with Crippen molar-refractivity contribution >= 4 is 5.97 Å². The summed E-state index contributed by atoms with van der Waals surface area (Å²) >= 11 is 0. The number of likely N-dealkylation sites (tertiary alicyclic amines) is 1. The largest absolute Gasteiger partial charge is 0.481 e. The van der Waals surface area contributed by atoms with Crippen molar-refractivity contribution in [1.82, 2.24) is 4.90 Å². The molecule has 0 spiro atoms. The molecule has 0 bridgehead atoms. The van der Waals surface area contributed by atoms with Crippen LogP contribution in [-0.4, -0.2) is 42.2 Å². The summed E-state index contributed by atoms with van der Waals surface area (Å²) in [6.07, 6.45) is 2.49. The first-order chi connectivity index (χ1) is 6.64. The average Bonchev–Trinajstić information content (AvgIpc) is 2.18. The normalized spacial score (nSPS) is 29.0. The van der Waals surface area contributed by atoms with Gasteiger partial charge in [-0.2, -0.15) is 0 Å². The quantitative estimate of drug-likeness (QED) is 0.694. The van der Waals surface area contributed by atoms with E-state index in [2.05, 4.69) is 4.90 Å². The number of hydrogen-bond donors (Lipinski definition) is 2. The first-order valence-corrected chi connectivity index (χ1v) is 5.30. The summed E-state index contributed by atoms with van der Waals surface area (Å²) in [5.41, 5.74) is 4.96. The molecule has 0 radical (unpaired) electrons. The van der Waals surface area contributed by atoms with Crippen LogP contribution in [0.4, 0.5) is 0 Å². The molecule has 4 heteroatoms. The number of carboxylic acid groups (broad SMARTS) is 1. The molecule has 1 aliphatic rings. The van der Waals surface area contributed by atoms with Crippen molar-refractivity contribution in [2.45, 2.75) is 26.2 Å². The Bertz CT molecular complexity index is 206. The highest BCUT2D eigenvalue weighted by Gasteiger charge is 2.40. The number of nitrogens with zero attached hydrogens (tertiary/aromatic N) is 1. The van der Waals surface area contributed by atoms with Crippen LogP contribution in [0.5, 0.6) is 0 Å². The highest BCUT2D eigenvalue weighted by molar-refractivity contribution is 5.75. The Hall–Kier alpha value is -0.610. The standard InChI is InChI=1S/C10H20N2O2/c1-2-10(9(13)14)4-3-6-12(8-10)7-5-11/h2-8,11H2,1H3,(H,13,14). The Morgan fingerprint density at radius 2 is 2.36 bits per heavy atom. The second-order valence-electron chi connectivity index (χ2n) is 4.11. The van der Waals surface area contributed by atoms with Gasteiger partial charge in [-0.3, -0.25) is 4.79 Å². The van der Waals surface area contributed by atoms with Crippen LogP contribution in [0.1, 0.15) is 26.2 Å². The maximum absolute atomic E-state index is 11.2. The second kappa shape index (κ2) is 4.75. The highest BCUT2D eigenvalue weighted by Crippen LogP contribution is 2.33. The van der Waals surface area contributed by atoms with Gasteiger partial charge in [0.05, 0.1) is 5.41 Å². The minimum atomic E-state index is -0.651. The fourth-order valence-electron chi connectivity index (χ4n) is 2.22. The van der Waals surface area contributed by atoms with E-state index < -0.39 is 11.4 Å². The Labute approximate surface area is 85.1 Å². The molecule has 0 aromatic rings. The van der Waals surface area contributed by atoms with Gasteiger partial charge in [0.2, 0.25) is 0 Å². The van der Waals surface area contributed by atoms with Crippen LogP contribution in [-0.2, 0) is 4.79 Å². The van der Waals surface area contributed by atoms with Crippen LogP contribution in [0.2, 0.25) is 0 Å². The number of carbonyl (C=O) groups is 1. The predicted octanol–water partition coefficient (Wildman–Crippen LogP) is 0.522. The lowest BCUT2D eigenvalue weighted by Crippen LogP contribution is -2.48. The van der Waals surface area contributed by atoms with Gasteiger partial charge >= 0.3 is 5.97 Å². The Morgan fingerprint density at radius 1 is 1.64 bits per heavy atom. The second-order valence-corrected chi connectivity index (χ2v) is 4.11. The molecule has 4 nitrogen and oxygen atoms in total. The molecule has 1 atom stereocenters. The van der Waals surface area contributed by atoms with Gasteiger partial charge in [0, 0.05) is 19.6 Å². The van der Waals surface area contributed by atoms with Gasteiger partial charge in [-0.25, -0.2) is 0 Å². The topological polar surface area (TPSA) is 66.6 Å². The third kappa shape index (κ3) is 2.25. The smallest absolute Gasteiger partial charge is 0.310 e. The average molecular weight is 200 g/mol. The van der Waals surface area contributed by atoms with Gasteiger partial charge < -0.3 is 15.7 Å². The maximum Gasteiger partial charge on any atom is 0.310 e. The number of nitrogens with two attached hydrogens (primary N) is 1. The molecule has 1 heterocycles. The molecular weight excluding hydrogens is 180 g/mol. The van der Waals surface area contributed by atoms with E-state index in [-0.39, 0.29) is 0 Å². The van der Waals surface area contributed by atoms with E-state index in [0.29, 0.717) is 19.5 Å². The summed E-state index contributed by atoms with van der Waals surface area (Å²) in [6, 6.07) is 0. The highest BCUT2D eigenvalue weighted by atomic mass is 16.4. The predicted molar refractivity (Wildman–Crippen MR) is 55.1 cm³/mol. The minimum Gasteiger partial charge on any atom is -0.481 e. The van der Waals surface area contributed by atoms with Crippen molar-refractivity contribution in [2.24, 2.45) is 11.1 Å². The molecule has 1 aliphatic heterocycles. The van der Waals surface area contributed by atoms with Crippen molar-refractivity contribution in [3.8, 4) is 0 Å². The summed E-state index contributed by atoms with van der Waals surface area (Å²) in [5, 5.41) is 9.22. The zero-order valence-corrected chi connectivity index (χ0v) is 8.83. The number of hydrogen-bond acceptors (Lipinski definition) is 3. The molecule has 14 heavy (non-hydrogen) atoms. The van der Waals surface area contributed by atoms with Crippen LogP contribution >= 0.6 is 0 Å². The maximum atomic E-state index is 11.2. The SMILES string of the molecule is CCC1(C(=O)O)CCCN(CCN)C1. The van der Waals surface area contributed by atoms with Gasteiger partial charge in [0.25, 0.3) is 0 Å². The first kappa shape index (κ1) is 11.5. The monoisotopic (exact) mass is 200 g/mol. The van der Waals surface area contributed by atoms with Crippen LogP contribution in [0.25, 0.3) is 0 Å². The molecule has 0 aromatic heterocycles. The lowest BCUT2D eigenvalue weighted by atomic mass is 9.77. The summed E-state index contributed by atoms with van der Waals surface area (Å²) in [5.74, 6) is -0.651. The van der Waals surface area contributed by atoms with E-state index in [0.717, 1.165) is 25.9 Å².